The molecule has 0 spiro atoms. The second kappa shape index (κ2) is 7.26. The fourth-order valence-corrected chi connectivity index (χ4v) is 2.21. The molecule has 0 radical (unpaired) electrons. The van der Waals surface area contributed by atoms with Gasteiger partial charge in [-0.1, -0.05) is 25.1 Å². The summed E-state index contributed by atoms with van der Waals surface area (Å²) >= 11 is 0. The number of nitrogens with zero attached hydrogens (tertiary/aromatic N) is 1. The number of amides is 1. The summed E-state index contributed by atoms with van der Waals surface area (Å²) in [5.74, 6) is 0.651. The Morgan fingerprint density at radius 3 is 2.90 bits per heavy atom. The Morgan fingerprint density at radius 1 is 1.50 bits per heavy atom. The van der Waals surface area contributed by atoms with E-state index in [1.165, 1.54) is 0 Å². The van der Waals surface area contributed by atoms with Gasteiger partial charge in [-0.15, -0.1) is 0 Å². The molecule has 5 heteroatoms. The zero-order valence-electron chi connectivity index (χ0n) is 11.7. The zero-order chi connectivity index (χ0) is 14.4. The molecule has 1 fully saturated rings. The first-order valence-electron chi connectivity index (χ1n) is 6.97. The molecule has 1 aliphatic rings. The molecule has 0 aliphatic carbocycles. The van der Waals surface area contributed by atoms with E-state index in [0.29, 0.717) is 31.9 Å². The minimum Gasteiger partial charge on any atom is -0.481 e. The van der Waals surface area contributed by atoms with Crippen molar-refractivity contribution in [2.75, 3.05) is 26.3 Å². The monoisotopic (exact) mass is 279 g/mol. The first-order chi connectivity index (χ1) is 9.74. The minimum absolute atomic E-state index is 0.0434. The van der Waals surface area contributed by atoms with Gasteiger partial charge in [-0.3, -0.25) is 4.79 Å². The van der Waals surface area contributed by atoms with Gasteiger partial charge >= 0.3 is 0 Å². The quantitative estimate of drug-likeness (QED) is 0.875. The zero-order valence-corrected chi connectivity index (χ0v) is 11.7. The number of carbonyl (C=O) groups excluding carboxylic acids is 1. The van der Waals surface area contributed by atoms with Crippen LogP contribution in [0.25, 0.3) is 0 Å². The number of benzene rings is 1. The van der Waals surface area contributed by atoms with Crippen molar-refractivity contribution >= 4 is 5.91 Å². The number of carbonyl (C=O) groups is 1. The van der Waals surface area contributed by atoms with Crippen molar-refractivity contribution in [3.8, 4) is 5.75 Å². The SMILES string of the molecule is CCC(Oc1ccccc1)C(=O)N1CCOC(CO)C1. The van der Waals surface area contributed by atoms with E-state index >= 15 is 0 Å². The molecule has 0 aromatic heterocycles. The molecular weight excluding hydrogens is 258 g/mol. The molecule has 1 heterocycles. The van der Waals surface area contributed by atoms with Gasteiger partial charge in [-0.05, 0) is 18.6 Å². The molecule has 2 rings (SSSR count). The number of rotatable bonds is 5. The molecule has 1 saturated heterocycles. The van der Waals surface area contributed by atoms with Crippen molar-refractivity contribution < 1.29 is 19.4 Å². The maximum Gasteiger partial charge on any atom is 0.263 e. The molecule has 1 amide bonds. The van der Waals surface area contributed by atoms with Gasteiger partial charge in [-0.2, -0.15) is 0 Å². The van der Waals surface area contributed by atoms with E-state index < -0.39 is 6.10 Å². The Morgan fingerprint density at radius 2 is 2.25 bits per heavy atom. The van der Waals surface area contributed by atoms with E-state index in [1.807, 2.05) is 37.3 Å². The summed E-state index contributed by atoms with van der Waals surface area (Å²) in [6.45, 7) is 3.28. The molecule has 1 aromatic rings. The Kier molecular flexibility index (Phi) is 5.38. The first-order valence-corrected chi connectivity index (χ1v) is 6.97. The number of hydrogen-bond acceptors (Lipinski definition) is 4. The van der Waals surface area contributed by atoms with Crippen LogP contribution in [0, 0.1) is 0 Å². The van der Waals surface area contributed by atoms with Gasteiger partial charge in [0.1, 0.15) is 5.75 Å². The van der Waals surface area contributed by atoms with Crippen LogP contribution in [0.3, 0.4) is 0 Å². The predicted octanol–water partition coefficient (Wildman–Crippen LogP) is 1.06. The van der Waals surface area contributed by atoms with Gasteiger partial charge in [-0.25, -0.2) is 0 Å². The van der Waals surface area contributed by atoms with Crippen molar-refractivity contribution in [3.63, 3.8) is 0 Å². The Labute approximate surface area is 119 Å². The van der Waals surface area contributed by atoms with E-state index in [4.69, 9.17) is 14.6 Å². The Balaban J connectivity index is 1.98. The number of aliphatic hydroxyl groups is 1. The summed E-state index contributed by atoms with van der Waals surface area (Å²) in [4.78, 5) is 14.2. The topological polar surface area (TPSA) is 59.0 Å². The number of hydrogen-bond donors (Lipinski definition) is 1. The molecule has 1 N–H and O–H groups in total. The van der Waals surface area contributed by atoms with Crippen LogP contribution in [0.1, 0.15) is 13.3 Å². The van der Waals surface area contributed by atoms with E-state index in [1.54, 1.807) is 4.90 Å². The third-order valence-electron chi connectivity index (χ3n) is 3.32. The highest BCUT2D eigenvalue weighted by Gasteiger charge is 2.29. The van der Waals surface area contributed by atoms with Gasteiger partial charge in [0, 0.05) is 13.1 Å². The molecule has 0 bridgehead atoms. The molecule has 2 atom stereocenters. The van der Waals surface area contributed by atoms with Gasteiger partial charge < -0.3 is 19.5 Å². The standard InChI is InChI=1S/C15H21NO4/c1-2-14(20-12-6-4-3-5-7-12)15(18)16-8-9-19-13(10-16)11-17/h3-7,13-14,17H,2,8-11H2,1H3. The first kappa shape index (κ1) is 14.8. The molecule has 110 valence electrons. The van der Waals surface area contributed by atoms with Crippen LogP contribution < -0.4 is 4.74 Å². The number of para-hydroxylation sites is 1. The van der Waals surface area contributed by atoms with Crippen LogP contribution in [-0.4, -0.2) is 54.4 Å². The summed E-state index contributed by atoms with van der Waals surface area (Å²) in [5, 5.41) is 9.13. The highest BCUT2D eigenvalue weighted by Crippen LogP contribution is 2.15. The van der Waals surface area contributed by atoms with Crippen molar-refractivity contribution in [2.45, 2.75) is 25.6 Å². The Hall–Kier alpha value is -1.59. The molecule has 1 aliphatic heterocycles. The fourth-order valence-electron chi connectivity index (χ4n) is 2.21. The van der Waals surface area contributed by atoms with E-state index in [2.05, 4.69) is 0 Å². The largest absolute Gasteiger partial charge is 0.481 e. The number of morpholine rings is 1. The predicted molar refractivity (Wildman–Crippen MR) is 74.6 cm³/mol. The van der Waals surface area contributed by atoms with Crippen LogP contribution in [0.4, 0.5) is 0 Å². The summed E-state index contributed by atoms with van der Waals surface area (Å²) in [5.41, 5.74) is 0. The van der Waals surface area contributed by atoms with Crippen molar-refractivity contribution in [3.05, 3.63) is 30.3 Å². The average molecular weight is 279 g/mol. The van der Waals surface area contributed by atoms with Crippen LogP contribution >= 0.6 is 0 Å². The smallest absolute Gasteiger partial charge is 0.263 e. The maximum atomic E-state index is 12.5. The lowest BCUT2D eigenvalue weighted by atomic mass is 10.2. The summed E-state index contributed by atoms with van der Waals surface area (Å²) < 4.78 is 11.1. The fraction of sp³-hybridized carbons (Fsp3) is 0.533. The molecule has 20 heavy (non-hydrogen) atoms. The second-order valence-corrected chi connectivity index (χ2v) is 4.79. The highest BCUT2D eigenvalue weighted by molar-refractivity contribution is 5.81. The summed E-state index contributed by atoms with van der Waals surface area (Å²) in [6.07, 6.45) is -0.175. The number of aliphatic hydroxyl groups excluding tert-OH is 1. The van der Waals surface area contributed by atoms with Crippen molar-refractivity contribution in [2.24, 2.45) is 0 Å². The van der Waals surface area contributed by atoms with Crippen LogP contribution in [-0.2, 0) is 9.53 Å². The second-order valence-electron chi connectivity index (χ2n) is 4.79. The van der Waals surface area contributed by atoms with Crippen molar-refractivity contribution in [1.82, 2.24) is 4.90 Å². The lowest BCUT2D eigenvalue weighted by Gasteiger charge is -2.34. The molecule has 1 aromatic carbocycles. The summed E-state index contributed by atoms with van der Waals surface area (Å²) in [6, 6.07) is 9.34. The molecule has 5 nitrogen and oxygen atoms in total. The lowest BCUT2D eigenvalue weighted by molar-refractivity contribution is -0.147. The van der Waals surface area contributed by atoms with Crippen molar-refractivity contribution in [1.29, 1.82) is 0 Å². The Bertz CT molecular complexity index is 423. The minimum atomic E-state index is -0.491. The normalized spacial score (nSPS) is 20.5. The van der Waals surface area contributed by atoms with E-state index in [0.717, 1.165) is 0 Å². The van der Waals surface area contributed by atoms with Gasteiger partial charge in [0.2, 0.25) is 0 Å². The van der Waals surface area contributed by atoms with Gasteiger partial charge in [0.25, 0.3) is 5.91 Å². The van der Waals surface area contributed by atoms with Crippen LogP contribution in [0.15, 0.2) is 30.3 Å². The highest BCUT2D eigenvalue weighted by atomic mass is 16.5. The van der Waals surface area contributed by atoms with E-state index in [9.17, 15) is 4.79 Å². The average Bonchev–Trinajstić information content (AvgIpc) is 2.53. The molecule has 2 unspecified atom stereocenters. The van der Waals surface area contributed by atoms with Gasteiger partial charge in [0.05, 0.1) is 19.3 Å². The lowest BCUT2D eigenvalue weighted by Crippen LogP contribution is -2.51. The molecular formula is C15H21NO4. The van der Waals surface area contributed by atoms with Gasteiger partial charge in [0.15, 0.2) is 6.10 Å². The summed E-state index contributed by atoms with van der Waals surface area (Å²) in [7, 11) is 0. The molecule has 0 saturated carbocycles. The number of ether oxygens (including phenoxy) is 2. The van der Waals surface area contributed by atoms with Crippen LogP contribution in [0.2, 0.25) is 0 Å². The third kappa shape index (κ3) is 3.71. The third-order valence-corrected chi connectivity index (χ3v) is 3.32. The van der Waals surface area contributed by atoms with Crippen LogP contribution in [0.5, 0.6) is 5.75 Å². The van der Waals surface area contributed by atoms with E-state index in [-0.39, 0.29) is 18.6 Å². The maximum absolute atomic E-state index is 12.5.